The Labute approximate surface area is 173 Å². The zero-order valence-electron chi connectivity index (χ0n) is 16.9. The summed E-state index contributed by atoms with van der Waals surface area (Å²) in [5.41, 5.74) is 7.57. The number of aromatic nitrogens is 4. The molecule has 5 aromatic rings. The third-order valence-corrected chi connectivity index (χ3v) is 5.59. The van der Waals surface area contributed by atoms with Gasteiger partial charge >= 0.3 is 0 Å². The summed E-state index contributed by atoms with van der Waals surface area (Å²) in [5.74, 6) is 1.71. The standard InChI is InChI=1S/C24H19N5O/c1-15-27-20-10-18(8-9-21(20)28(15)2)24-19(17-6-4-16(12-25)5-7-17)11-23(30-3)22-13-26-14-29(22)24/h4-11,13-14H,1-3H3. The minimum atomic E-state index is 0.626. The predicted octanol–water partition coefficient (Wildman–Crippen LogP) is 4.74. The van der Waals surface area contributed by atoms with Crippen LogP contribution in [0, 0.1) is 18.3 Å². The van der Waals surface area contributed by atoms with Crippen LogP contribution >= 0.6 is 0 Å². The molecule has 3 heterocycles. The van der Waals surface area contributed by atoms with E-state index in [9.17, 15) is 0 Å². The molecule has 146 valence electrons. The fourth-order valence-corrected chi connectivity index (χ4v) is 3.93. The molecule has 5 rings (SSSR count). The lowest BCUT2D eigenvalue weighted by molar-refractivity contribution is 0.418. The number of nitriles is 1. The van der Waals surface area contributed by atoms with Crippen LogP contribution in [-0.4, -0.2) is 26.0 Å². The van der Waals surface area contributed by atoms with Gasteiger partial charge in [-0.25, -0.2) is 9.97 Å². The zero-order chi connectivity index (χ0) is 20.8. The van der Waals surface area contributed by atoms with Gasteiger partial charge in [0.1, 0.15) is 17.1 Å². The van der Waals surface area contributed by atoms with Crippen molar-refractivity contribution in [2.75, 3.05) is 7.11 Å². The number of nitrogens with zero attached hydrogens (tertiary/aromatic N) is 5. The number of rotatable bonds is 3. The lowest BCUT2D eigenvalue weighted by Gasteiger charge is -2.16. The molecular weight excluding hydrogens is 374 g/mol. The molecule has 0 atom stereocenters. The van der Waals surface area contributed by atoms with Crippen molar-refractivity contribution in [1.82, 2.24) is 18.9 Å². The van der Waals surface area contributed by atoms with Crippen LogP contribution in [0.1, 0.15) is 11.4 Å². The van der Waals surface area contributed by atoms with E-state index >= 15 is 0 Å². The molecule has 30 heavy (non-hydrogen) atoms. The Balaban J connectivity index is 1.83. The molecular formula is C24H19N5O. The fraction of sp³-hybridized carbons (Fsp3) is 0.125. The first-order chi connectivity index (χ1) is 14.6. The van der Waals surface area contributed by atoms with Crippen LogP contribution in [0.15, 0.2) is 61.1 Å². The maximum atomic E-state index is 9.16. The third kappa shape index (κ3) is 2.64. The van der Waals surface area contributed by atoms with Crippen LogP contribution in [0.2, 0.25) is 0 Å². The molecule has 3 aromatic heterocycles. The van der Waals surface area contributed by atoms with Crippen molar-refractivity contribution in [3.63, 3.8) is 0 Å². The molecule has 0 spiro atoms. The van der Waals surface area contributed by atoms with Gasteiger partial charge in [0.15, 0.2) is 0 Å². The van der Waals surface area contributed by atoms with E-state index in [4.69, 9.17) is 15.0 Å². The highest BCUT2D eigenvalue weighted by Crippen LogP contribution is 2.38. The number of methoxy groups -OCH3 is 1. The quantitative estimate of drug-likeness (QED) is 0.444. The van der Waals surface area contributed by atoms with E-state index in [0.29, 0.717) is 5.56 Å². The molecule has 0 bridgehead atoms. The number of hydrogen-bond acceptors (Lipinski definition) is 4. The van der Waals surface area contributed by atoms with Gasteiger partial charge in [-0.1, -0.05) is 18.2 Å². The monoisotopic (exact) mass is 393 g/mol. The van der Waals surface area contributed by atoms with Gasteiger partial charge in [-0.15, -0.1) is 0 Å². The van der Waals surface area contributed by atoms with Crippen LogP contribution in [0.25, 0.3) is 38.9 Å². The predicted molar refractivity (Wildman–Crippen MR) is 116 cm³/mol. The summed E-state index contributed by atoms with van der Waals surface area (Å²) >= 11 is 0. The van der Waals surface area contributed by atoms with Crippen molar-refractivity contribution in [2.45, 2.75) is 6.92 Å². The van der Waals surface area contributed by atoms with E-state index in [1.54, 1.807) is 19.6 Å². The number of aryl methyl sites for hydroxylation is 2. The Hall–Kier alpha value is -4.11. The molecule has 2 aromatic carbocycles. The highest BCUT2D eigenvalue weighted by Gasteiger charge is 2.17. The van der Waals surface area contributed by atoms with Gasteiger partial charge < -0.3 is 9.30 Å². The van der Waals surface area contributed by atoms with Gasteiger partial charge in [-0.2, -0.15) is 5.26 Å². The van der Waals surface area contributed by atoms with E-state index in [0.717, 1.165) is 50.5 Å². The summed E-state index contributed by atoms with van der Waals surface area (Å²) < 4.78 is 9.77. The molecule has 0 radical (unpaired) electrons. The number of imidazole rings is 2. The summed E-state index contributed by atoms with van der Waals surface area (Å²) in [6, 6.07) is 18.1. The van der Waals surface area contributed by atoms with Crippen molar-refractivity contribution in [3.8, 4) is 34.2 Å². The Bertz CT molecular complexity index is 1450. The van der Waals surface area contributed by atoms with Crippen LogP contribution < -0.4 is 4.74 Å². The van der Waals surface area contributed by atoms with Gasteiger partial charge in [-0.05, 0) is 42.8 Å². The van der Waals surface area contributed by atoms with Gasteiger partial charge in [0, 0.05) is 18.2 Å². The van der Waals surface area contributed by atoms with Crippen molar-refractivity contribution in [1.29, 1.82) is 5.26 Å². The Morgan fingerprint density at radius 3 is 2.50 bits per heavy atom. The molecule has 0 fully saturated rings. The summed E-state index contributed by atoms with van der Waals surface area (Å²) in [5, 5.41) is 9.16. The number of fused-ring (bicyclic) bond motifs is 2. The molecule has 0 saturated heterocycles. The normalized spacial score (nSPS) is 11.1. The summed E-state index contributed by atoms with van der Waals surface area (Å²) in [4.78, 5) is 9.06. The first kappa shape index (κ1) is 18.0. The van der Waals surface area contributed by atoms with E-state index in [1.165, 1.54) is 0 Å². The molecule has 0 saturated carbocycles. The topological polar surface area (TPSA) is 68.1 Å². The first-order valence-corrected chi connectivity index (χ1v) is 9.57. The molecule has 0 N–H and O–H groups in total. The maximum absolute atomic E-state index is 9.16. The van der Waals surface area contributed by atoms with Crippen molar-refractivity contribution in [3.05, 3.63) is 72.4 Å². The van der Waals surface area contributed by atoms with Crippen molar-refractivity contribution >= 4 is 16.6 Å². The Kier molecular flexibility index (Phi) is 4.04. The van der Waals surface area contributed by atoms with Crippen LogP contribution in [-0.2, 0) is 7.05 Å². The lowest BCUT2D eigenvalue weighted by Crippen LogP contribution is -1.98. The highest BCUT2D eigenvalue weighted by molar-refractivity contribution is 5.90. The molecule has 0 unspecified atom stereocenters. The smallest absolute Gasteiger partial charge is 0.145 e. The lowest BCUT2D eigenvalue weighted by atomic mass is 9.97. The van der Waals surface area contributed by atoms with Gasteiger partial charge in [-0.3, -0.25) is 4.40 Å². The highest BCUT2D eigenvalue weighted by atomic mass is 16.5. The number of pyridine rings is 1. The average Bonchev–Trinajstić information content (AvgIpc) is 3.37. The third-order valence-electron chi connectivity index (χ3n) is 5.59. The second-order valence-electron chi connectivity index (χ2n) is 7.23. The zero-order valence-corrected chi connectivity index (χ0v) is 16.9. The van der Waals surface area contributed by atoms with E-state index in [1.807, 2.05) is 48.7 Å². The van der Waals surface area contributed by atoms with E-state index in [2.05, 4.69) is 33.8 Å². The summed E-state index contributed by atoms with van der Waals surface area (Å²) in [6.07, 6.45) is 3.60. The SMILES string of the molecule is COc1cc(-c2ccc(C#N)cc2)c(-c2ccc3c(c2)nc(C)n3C)n2cncc12. The second kappa shape index (κ2) is 6.75. The number of ether oxygens (including phenoxy) is 1. The van der Waals surface area contributed by atoms with Crippen LogP contribution in [0.5, 0.6) is 5.75 Å². The minimum Gasteiger partial charge on any atom is -0.494 e. The molecule has 0 aliphatic carbocycles. The number of benzene rings is 2. The summed E-state index contributed by atoms with van der Waals surface area (Å²) in [6.45, 7) is 2.00. The Morgan fingerprint density at radius 2 is 1.77 bits per heavy atom. The maximum Gasteiger partial charge on any atom is 0.145 e. The van der Waals surface area contributed by atoms with Crippen LogP contribution in [0.4, 0.5) is 0 Å². The van der Waals surface area contributed by atoms with Gasteiger partial charge in [0.05, 0.1) is 48.0 Å². The Morgan fingerprint density at radius 1 is 1.00 bits per heavy atom. The molecule has 6 nitrogen and oxygen atoms in total. The van der Waals surface area contributed by atoms with Gasteiger partial charge in [0.25, 0.3) is 0 Å². The molecule has 0 aliphatic heterocycles. The number of hydrogen-bond donors (Lipinski definition) is 0. The van der Waals surface area contributed by atoms with Crippen molar-refractivity contribution in [2.24, 2.45) is 7.05 Å². The first-order valence-electron chi connectivity index (χ1n) is 9.57. The van der Waals surface area contributed by atoms with Crippen molar-refractivity contribution < 1.29 is 4.74 Å². The second-order valence-corrected chi connectivity index (χ2v) is 7.23. The summed E-state index contributed by atoms with van der Waals surface area (Å²) in [7, 11) is 3.68. The van der Waals surface area contributed by atoms with Gasteiger partial charge in [0.2, 0.25) is 0 Å². The van der Waals surface area contributed by atoms with Crippen LogP contribution in [0.3, 0.4) is 0 Å². The minimum absolute atomic E-state index is 0.626. The average molecular weight is 393 g/mol. The van der Waals surface area contributed by atoms with E-state index < -0.39 is 0 Å². The molecule has 6 heteroatoms. The molecule has 0 aliphatic rings. The largest absolute Gasteiger partial charge is 0.494 e. The fourth-order valence-electron chi connectivity index (χ4n) is 3.93. The molecule has 0 amide bonds. The van der Waals surface area contributed by atoms with E-state index in [-0.39, 0.29) is 0 Å².